The van der Waals surface area contributed by atoms with Gasteiger partial charge in [0.2, 0.25) is 11.8 Å². The fourth-order valence-electron chi connectivity index (χ4n) is 3.28. The number of nitro benzene ring substituents is 1. The van der Waals surface area contributed by atoms with E-state index < -0.39 is 28.7 Å². The van der Waals surface area contributed by atoms with Crippen molar-refractivity contribution in [3.63, 3.8) is 0 Å². The van der Waals surface area contributed by atoms with Crippen LogP contribution in [0.25, 0.3) is 0 Å². The van der Waals surface area contributed by atoms with Crippen molar-refractivity contribution in [2.45, 2.75) is 18.9 Å². The SMILES string of the molecule is C[C@@H](NC(=O)C(C(=O)Nc1ccc(C(=N)N)cc1)c1ccccc1)c1ccc([N+](=O)[O-])cc1. The Balaban J connectivity index is 1.79. The van der Waals surface area contributed by atoms with Crippen molar-refractivity contribution in [2.24, 2.45) is 5.73 Å². The minimum absolute atomic E-state index is 0.0467. The Kier molecular flexibility index (Phi) is 7.14. The van der Waals surface area contributed by atoms with Crippen molar-refractivity contribution in [3.8, 4) is 0 Å². The van der Waals surface area contributed by atoms with Gasteiger partial charge < -0.3 is 16.4 Å². The quantitative estimate of drug-likeness (QED) is 0.138. The molecule has 0 aliphatic rings. The molecule has 3 rings (SSSR count). The first kappa shape index (κ1) is 23.1. The fraction of sp³-hybridized carbons (Fsp3) is 0.125. The zero-order valence-electron chi connectivity index (χ0n) is 17.8. The molecule has 1 unspecified atom stereocenters. The number of nitrogens with zero attached hydrogens (tertiary/aromatic N) is 1. The summed E-state index contributed by atoms with van der Waals surface area (Å²) in [6.07, 6.45) is 0. The lowest BCUT2D eigenvalue weighted by atomic mass is 9.96. The second-order valence-electron chi connectivity index (χ2n) is 7.40. The molecule has 9 heteroatoms. The van der Waals surface area contributed by atoms with E-state index in [9.17, 15) is 19.7 Å². The van der Waals surface area contributed by atoms with Gasteiger partial charge in [-0.05, 0) is 42.3 Å². The van der Waals surface area contributed by atoms with Crippen LogP contribution in [0.3, 0.4) is 0 Å². The number of nitrogens with one attached hydrogen (secondary N) is 3. The Morgan fingerprint density at radius 2 is 1.52 bits per heavy atom. The maximum absolute atomic E-state index is 13.2. The third-order valence-corrected chi connectivity index (χ3v) is 5.08. The molecule has 2 atom stereocenters. The van der Waals surface area contributed by atoms with Crippen molar-refractivity contribution in [1.82, 2.24) is 5.32 Å². The lowest BCUT2D eigenvalue weighted by Crippen LogP contribution is -2.37. The molecule has 0 fully saturated rings. The first-order valence-electron chi connectivity index (χ1n) is 10.1. The minimum Gasteiger partial charge on any atom is -0.384 e. The number of hydrogen-bond donors (Lipinski definition) is 4. The summed E-state index contributed by atoms with van der Waals surface area (Å²) in [5, 5.41) is 23.9. The molecular weight excluding hydrogens is 422 g/mol. The molecule has 0 saturated heterocycles. The van der Waals surface area contributed by atoms with E-state index in [4.69, 9.17) is 11.1 Å². The van der Waals surface area contributed by atoms with E-state index >= 15 is 0 Å². The van der Waals surface area contributed by atoms with Crippen LogP contribution < -0.4 is 16.4 Å². The van der Waals surface area contributed by atoms with Crippen LogP contribution in [0.2, 0.25) is 0 Å². The summed E-state index contributed by atoms with van der Waals surface area (Å²) >= 11 is 0. The van der Waals surface area contributed by atoms with Crippen LogP contribution in [0, 0.1) is 15.5 Å². The topological polar surface area (TPSA) is 151 Å². The predicted molar refractivity (Wildman–Crippen MR) is 125 cm³/mol. The smallest absolute Gasteiger partial charge is 0.269 e. The summed E-state index contributed by atoms with van der Waals surface area (Å²) < 4.78 is 0. The zero-order valence-corrected chi connectivity index (χ0v) is 17.8. The van der Waals surface area contributed by atoms with E-state index in [1.54, 1.807) is 73.7 Å². The Bertz CT molecular complexity index is 1160. The average molecular weight is 445 g/mol. The lowest BCUT2D eigenvalue weighted by Gasteiger charge is -2.21. The van der Waals surface area contributed by atoms with Crippen LogP contribution in [-0.2, 0) is 9.59 Å². The maximum atomic E-state index is 13.2. The molecule has 0 aromatic heterocycles. The first-order chi connectivity index (χ1) is 15.8. The number of nitrogen functional groups attached to an aromatic ring is 1. The molecule has 0 heterocycles. The van der Waals surface area contributed by atoms with Gasteiger partial charge in [-0.25, -0.2) is 0 Å². The molecule has 3 aromatic carbocycles. The highest BCUT2D eigenvalue weighted by Crippen LogP contribution is 2.22. The van der Waals surface area contributed by atoms with Gasteiger partial charge in [0.05, 0.1) is 11.0 Å². The van der Waals surface area contributed by atoms with E-state index in [-0.39, 0.29) is 11.5 Å². The Labute approximate surface area is 190 Å². The third-order valence-electron chi connectivity index (χ3n) is 5.08. The number of nitrogens with two attached hydrogens (primary N) is 1. The average Bonchev–Trinajstić information content (AvgIpc) is 2.80. The molecule has 0 bridgehead atoms. The first-order valence-corrected chi connectivity index (χ1v) is 10.1. The summed E-state index contributed by atoms with van der Waals surface area (Å²) in [7, 11) is 0. The minimum atomic E-state index is -1.13. The fourth-order valence-corrected chi connectivity index (χ4v) is 3.28. The molecule has 0 aliphatic carbocycles. The molecule has 33 heavy (non-hydrogen) atoms. The molecular formula is C24H23N5O4. The standard InChI is InChI=1S/C24H23N5O4/c1-15(16-9-13-20(14-10-16)29(32)33)27-23(30)21(17-5-3-2-4-6-17)24(31)28-19-11-7-18(8-12-19)22(25)26/h2-15,21H,1H3,(H3,25,26)(H,27,30)(H,28,31)/t15-,21?/m1/s1. The van der Waals surface area contributed by atoms with Crippen molar-refractivity contribution >= 4 is 29.0 Å². The number of non-ortho nitro benzene ring substituents is 1. The Morgan fingerprint density at radius 3 is 2.06 bits per heavy atom. The molecule has 0 radical (unpaired) electrons. The number of nitro groups is 1. The Hall–Kier alpha value is -4.53. The lowest BCUT2D eigenvalue weighted by molar-refractivity contribution is -0.384. The number of carbonyl (C=O) groups excluding carboxylic acids is 2. The van der Waals surface area contributed by atoms with Gasteiger partial charge in [-0.15, -0.1) is 0 Å². The number of anilines is 1. The molecule has 0 saturated carbocycles. The molecule has 0 spiro atoms. The second-order valence-corrected chi connectivity index (χ2v) is 7.40. The zero-order chi connectivity index (χ0) is 24.0. The monoisotopic (exact) mass is 445 g/mol. The van der Waals surface area contributed by atoms with Gasteiger partial charge in [-0.3, -0.25) is 25.1 Å². The van der Waals surface area contributed by atoms with Crippen LogP contribution in [0.4, 0.5) is 11.4 Å². The maximum Gasteiger partial charge on any atom is 0.269 e. The van der Waals surface area contributed by atoms with Crippen LogP contribution in [-0.4, -0.2) is 22.6 Å². The van der Waals surface area contributed by atoms with Crippen LogP contribution in [0.15, 0.2) is 78.9 Å². The molecule has 0 aliphatic heterocycles. The highest BCUT2D eigenvalue weighted by molar-refractivity contribution is 6.11. The summed E-state index contributed by atoms with van der Waals surface area (Å²) in [5.41, 5.74) is 7.57. The van der Waals surface area contributed by atoms with Crippen LogP contribution in [0.5, 0.6) is 0 Å². The molecule has 168 valence electrons. The van der Waals surface area contributed by atoms with Gasteiger partial charge in [0.25, 0.3) is 5.69 Å². The summed E-state index contributed by atoms with van der Waals surface area (Å²) in [6.45, 7) is 1.74. The van der Waals surface area contributed by atoms with Crippen molar-refractivity contribution in [3.05, 3.63) is 106 Å². The van der Waals surface area contributed by atoms with Gasteiger partial charge >= 0.3 is 0 Å². The highest BCUT2D eigenvalue weighted by atomic mass is 16.6. The predicted octanol–water partition coefficient (Wildman–Crippen LogP) is 3.48. The van der Waals surface area contributed by atoms with E-state index in [0.717, 1.165) is 0 Å². The molecule has 3 aromatic rings. The summed E-state index contributed by atoms with van der Waals surface area (Å²) in [6, 6.07) is 20.5. The van der Waals surface area contributed by atoms with Gasteiger partial charge in [0.15, 0.2) is 0 Å². The van der Waals surface area contributed by atoms with Gasteiger partial charge in [-0.2, -0.15) is 0 Å². The van der Waals surface area contributed by atoms with E-state index in [1.165, 1.54) is 12.1 Å². The summed E-state index contributed by atoms with van der Waals surface area (Å²) in [4.78, 5) is 36.6. The number of amidine groups is 1. The van der Waals surface area contributed by atoms with Crippen LogP contribution >= 0.6 is 0 Å². The van der Waals surface area contributed by atoms with Gasteiger partial charge in [0.1, 0.15) is 11.8 Å². The van der Waals surface area contributed by atoms with Crippen LogP contribution in [0.1, 0.15) is 35.6 Å². The van der Waals surface area contributed by atoms with E-state index in [0.29, 0.717) is 22.4 Å². The third kappa shape index (κ3) is 5.79. The number of hydrogen-bond acceptors (Lipinski definition) is 5. The van der Waals surface area contributed by atoms with Gasteiger partial charge in [0, 0.05) is 23.4 Å². The molecule has 5 N–H and O–H groups in total. The van der Waals surface area contributed by atoms with E-state index in [1.807, 2.05) is 0 Å². The normalized spacial score (nSPS) is 12.3. The Morgan fingerprint density at radius 1 is 0.909 bits per heavy atom. The van der Waals surface area contributed by atoms with Gasteiger partial charge in [-0.1, -0.05) is 42.5 Å². The number of benzene rings is 3. The summed E-state index contributed by atoms with van der Waals surface area (Å²) in [5.74, 6) is -2.25. The highest BCUT2D eigenvalue weighted by Gasteiger charge is 2.29. The molecule has 2 amide bonds. The second kappa shape index (κ2) is 10.2. The number of rotatable bonds is 8. The van der Waals surface area contributed by atoms with Crippen molar-refractivity contribution in [1.29, 1.82) is 5.41 Å². The largest absolute Gasteiger partial charge is 0.384 e. The number of carbonyl (C=O) groups is 2. The van der Waals surface area contributed by atoms with E-state index in [2.05, 4.69) is 10.6 Å². The van der Waals surface area contributed by atoms with Crippen molar-refractivity contribution < 1.29 is 14.5 Å². The molecule has 9 nitrogen and oxygen atoms in total. The van der Waals surface area contributed by atoms with Crippen molar-refractivity contribution in [2.75, 3.05) is 5.32 Å². The number of amides is 2.